The molecule has 1 fully saturated rings. The first-order valence-corrected chi connectivity index (χ1v) is 7.74. The number of nitriles is 1. The monoisotopic (exact) mass is 339 g/mol. The summed E-state index contributed by atoms with van der Waals surface area (Å²) in [7, 11) is 0. The van der Waals surface area contributed by atoms with Gasteiger partial charge in [-0.15, -0.1) is 10.2 Å². The smallest absolute Gasteiger partial charge is 0.271 e. The molecule has 0 radical (unpaired) electrons. The van der Waals surface area contributed by atoms with Crippen molar-refractivity contribution < 1.29 is 4.79 Å². The van der Waals surface area contributed by atoms with Gasteiger partial charge in [-0.05, 0) is 19.3 Å². The van der Waals surface area contributed by atoms with Gasteiger partial charge in [0, 0.05) is 18.2 Å². The van der Waals surface area contributed by atoms with E-state index in [1.165, 1.54) is 12.4 Å². The molecule has 1 aliphatic rings. The predicted octanol–water partition coefficient (Wildman–Crippen LogP) is 0.272. The van der Waals surface area contributed by atoms with Crippen LogP contribution >= 0.6 is 0 Å². The maximum absolute atomic E-state index is 11.6. The number of carbonyl (C=O) groups is 1. The van der Waals surface area contributed by atoms with Gasteiger partial charge < -0.3 is 22.1 Å². The van der Waals surface area contributed by atoms with Gasteiger partial charge in [0.1, 0.15) is 11.9 Å². The maximum atomic E-state index is 11.6. The molecule has 2 aromatic rings. The summed E-state index contributed by atoms with van der Waals surface area (Å²) in [5.74, 6) is 0.102. The highest BCUT2D eigenvalue weighted by Crippen LogP contribution is 2.25. The van der Waals surface area contributed by atoms with Crippen LogP contribution in [0.1, 0.15) is 35.4 Å². The Kier molecular flexibility index (Phi) is 4.67. The Hall–Kier alpha value is -3.32. The second kappa shape index (κ2) is 7.06. The maximum Gasteiger partial charge on any atom is 0.271 e. The molecule has 1 amide bonds. The number of nitrogens with two attached hydrogens (primary N) is 2. The molecule has 2 unspecified atom stereocenters. The normalized spacial score (nSPS) is 19.2. The minimum Gasteiger partial charge on any atom is -0.380 e. The van der Waals surface area contributed by atoms with Crippen LogP contribution in [0.4, 0.5) is 17.3 Å². The van der Waals surface area contributed by atoms with Crippen molar-refractivity contribution in [3.8, 4) is 6.07 Å². The molecule has 0 bridgehead atoms. The Morgan fingerprint density at radius 2 is 2.08 bits per heavy atom. The summed E-state index contributed by atoms with van der Waals surface area (Å²) in [5, 5.41) is 22.7. The highest BCUT2D eigenvalue weighted by molar-refractivity contribution is 5.96. The second-order valence-corrected chi connectivity index (χ2v) is 5.79. The summed E-state index contributed by atoms with van der Waals surface area (Å²) < 4.78 is 0. The van der Waals surface area contributed by atoms with E-state index >= 15 is 0 Å². The lowest BCUT2D eigenvalue weighted by atomic mass is 10.2. The lowest BCUT2D eigenvalue weighted by Crippen LogP contribution is -2.24. The zero-order chi connectivity index (χ0) is 17.8. The van der Waals surface area contributed by atoms with Gasteiger partial charge in [0.05, 0.1) is 18.1 Å². The van der Waals surface area contributed by atoms with Crippen LogP contribution in [0.3, 0.4) is 0 Å². The van der Waals surface area contributed by atoms with Crippen LogP contribution in [-0.2, 0) is 0 Å². The highest BCUT2D eigenvalue weighted by atomic mass is 16.1. The van der Waals surface area contributed by atoms with Crippen molar-refractivity contribution in [3.05, 3.63) is 29.8 Å². The molecule has 1 saturated carbocycles. The zero-order valence-corrected chi connectivity index (χ0v) is 13.3. The lowest BCUT2D eigenvalue weighted by molar-refractivity contribution is 0.0995. The van der Waals surface area contributed by atoms with E-state index in [1.54, 1.807) is 6.07 Å². The summed E-state index contributed by atoms with van der Waals surface area (Å²) in [4.78, 5) is 19.5. The third-order valence-corrected chi connectivity index (χ3v) is 3.88. The molecule has 0 spiro atoms. The van der Waals surface area contributed by atoms with Crippen molar-refractivity contribution in [1.29, 1.82) is 5.26 Å². The molecule has 2 atom stereocenters. The van der Waals surface area contributed by atoms with Gasteiger partial charge in [0.25, 0.3) is 5.91 Å². The largest absolute Gasteiger partial charge is 0.380 e. The summed E-state index contributed by atoms with van der Waals surface area (Å²) in [6.45, 7) is 0. The number of anilines is 3. The molecule has 25 heavy (non-hydrogen) atoms. The predicted molar refractivity (Wildman–Crippen MR) is 89.8 cm³/mol. The van der Waals surface area contributed by atoms with E-state index in [-0.39, 0.29) is 23.5 Å². The quantitative estimate of drug-likeness (QED) is 0.597. The standard InChI is InChI=1S/C15H17N9O/c16-5-10-6-20-13(7-19-10)22-12-4-11(14(15(18)25)24-23-12)21-9-2-1-8(17)3-9/h4,6-9H,1-3,17H2,(H2,18,25)(H2,20,21,22,23). The average molecular weight is 339 g/mol. The van der Waals surface area contributed by atoms with E-state index in [9.17, 15) is 4.79 Å². The molecule has 1 aliphatic carbocycles. The fourth-order valence-electron chi connectivity index (χ4n) is 2.69. The lowest BCUT2D eigenvalue weighted by Gasteiger charge is -2.16. The van der Waals surface area contributed by atoms with E-state index < -0.39 is 5.91 Å². The fourth-order valence-corrected chi connectivity index (χ4v) is 2.69. The van der Waals surface area contributed by atoms with Crippen LogP contribution in [0.15, 0.2) is 18.5 Å². The van der Waals surface area contributed by atoms with Crippen molar-refractivity contribution in [2.75, 3.05) is 10.6 Å². The zero-order valence-electron chi connectivity index (χ0n) is 13.3. The first-order valence-electron chi connectivity index (χ1n) is 7.74. The van der Waals surface area contributed by atoms with Gasteiger partial charge in [-0.2, -0.15) is 5.26 Å². The third-order valence-electron chi connectivity index (χ3n) is 3.88. The molecular formula is C15H17N9O. The molecule has 128 valence electrons. The minimum absolute atomic E-state index is 0.0666. The number of amides is 1. The summed E-state index contributed by atoms with van der Waals surface area (Å²) >= 11 is 0. The molecule has 3 rings (SSSR count). The van der Waals surface area contributed by atoms with Gasteiger partial charge in [0.2, 0.25) is 0 Å². The number of hydrogen-bond acceptors (Lipinski definition) is 9. The average Bonchev–Trinajstić information content (AvgIpc) is 3.00. The van der Waals surface area contributed by atoms with Gasteiger partial charge in [-0.25, -0.2) is 9.97 Å². The molecule has 0 aliphatic heterocycles. The van der Waals surface area contributed by atoms with Gasteiger partial charge in [-0.1, -0.05) is 0 Å². The molecule has 2 heterocycles. The number of carbonyl (C=O) groups excluding carboxylic acids is 1. The Labute approximate surface area is 143 Å². The molecule has 2 aromatic heterocycles. The van der Waals surface area contributed by atoms with Crippen molar-refractivity contribution in [3.63, 3.8) is 0 Å². The van der Waals surface area contributed by atoms with Crippen LogP contribution < -0.4 is 22.1 Å². The van der Waals surface area contributed by atoms with E-state index in [0.717, 1.165) is 19.3 Å². The van der Waals surface area contributed by atoms with Gasteiger partial charge in [-0.3, -0.25) is 4.79 Å². The second-order valence-electron chi connectivity index (χ2n) is 5.79. The van der Waals surface area contributed by atoms with E-state index in [4.69, 9.17) is 16.7 Å². The van der Waals surface area contributed by atoms with E-state index in [2.05, 4.69) is 30.8 Å². The van der Waals surface area contributed by atoms with Crippen molar-refractivity contribution in [2.24, 2.45) is 11.5 Å². The number of hydrogen-bond donors (Lipinski definition) is 4. The number of rotatable bonds is 5. The van der Waals surface area contributed by atoms with E-state index in [0.29, 0.717) is 17.3 Å². The van der Waals surface area contributed by atoms with E-state index in [1.807, 2.05) is 6.07 Å². The first-order chi connectivity index (χ1) is 12.0. The summed E-state index contributed by atoms with van der Waals surface area (Å²) in [6, 6.07) is 3.83. The number of nitrogens with one attached hydrogen (secondary N) is 2. The summed E-state index contributed by atoms with van der Waals surface area (Å²) in [5.41, 5.74) is 12.1. The molecule has 0 saturated heterocycles. The van der Waals surface area contributed by atoms with Crippen LogP contribution in [0, 0.1) is 11.3 Å². The molecule has 10 nitrogen and oxygen atoms in total. The van der Waals surface area contributed by atoms with Crippen molar-refractivity contribution in [1.82, 2.24) is 20.2 Å². The van der Waals surface area contributed by atoms with Gasteiger partial charge >= 0.3 is 0 Å². The SMILES string of the molecule is N#Cc1cnc(Nc2cc(NC3CCC(N)C3)c(C(N)=O)nn2)cn1. The van der Waals surface area contributed by atoms with Crippen molar-refractivity contribution in [2.45, 2.75) is 31.3 Å². The Morgan fingerprint density at radius 3 is 2.68 bits per heavy atom. The molecular weight excluding hydrogens is 322 g/mol. The van der Waals surface area contributed by atoms with Crippen LogP contribution in [0.5, 0.6) is 0 Å². The van der Waals surface area contributed by atoms with Crippen molar-refractivity contribution >= 4 is 23.2 Å². The van der Waals surface area contributed by atoms with Gasteiger partial charge in [0.15, 0.2) is 17.2 Å². The number of aromatic nitrogens is 4. The summed E-state index contributed by atoms with van der Waals surface area (Å²) in [6.07, 6.45) is 5.39. The molecule has 10 heteroatoms. The topological polar surface area (TPSA) is 169 Å². The number of primary amides is 1. The molecule has 0 aromatic carbocycles. The Morgan fingerprint density at radius 1 is 1.24 bits per heavy atom. The Balaban J connectivity index is 1.81. The number of nitrogens with zero attached hydrogens (tertiary/aromatic N) is 5. The minimum atomic E-state index is -0.665. The van der Waals surface area contributed by atoms with Crippen LogP contribution in [-0.4, -0.2) is 38.2 Å². The Bertz CT molecular complexity index is 815. The third kappa shape index (κ3) is 3.96. The van der Waals surface area contributed by atoms with Crippen LogP contribution in [0.2, 0.25) is 0 Å². The fraction of sp³-hybridized carbons (Fsp3) is 0.333. The molecule has 6 N–H and O–H groups in total. The van der Waals surface area contributed by atoms with Crippen LogP contribution in [0.25, 0.3) is 0 Å². The highest BCUT2D eigenvalue weighted by Gasteiger charge is 2.23. The first kappa shape index (κ1) is 16.5.